The molecule has 2 atom stereocenters. The minimum absolute atomic E-state index is 0.0252. The van der Waals surface area contributed by atoms with Gasteiger partial charge in [-0.3, -0.25) is 4.79 Å². The molecule has 2 rings (SSSR count). The fourth-order valence-electron chi connectivity index (χ4n) is 2.21. The molecule has 1 aliphatic rings. The molecule has 5 heteroatoms. The molecule has 4 N–H and O–H groups in total. The Balaban J connectivity index is 1.95. The van der Waals surface area contributed by atoms with Gasteiger partial charge in [0.15, 0.2) is 0 Å². The van der Waals surface area contributed by atoms with Gasteiger partial charge in [0.05, 0.1) is 18.8 Å². The van der Waals surface area contributed by atoms with Gasteiger partial charge in [0.2, 0.25) is 5.91 Å². The molecular weight excluding hydrogens is 232 g/mol. The standard InChI is InChI=1S/C13H18N2O3/c14-5-6-18-8-12(17)15-13-10-4-2-1-3-9(10)7-11(13)16/h1-4,11,13,16H,5-8,14H2,(H,15,17)/t11-,13+/m1/s1. The third kappa shape index (κ3) is 2.87. The number of hydrogen-bond donors (Lipinski definition) is 3. The summed E-state index contributed by atoms with van der Waals surface area (Å²) in [6.45, 7) is 0.724. The van der Waals surface area contributed by atoms with Gasteiger partial charge in [-0.2, -0.15) is 0 Å². The van der Waals surface area contributed by atoms with Crippen LogP contribution in [0.25, 0.3) is 0 Å². The molecule has 0 aliphatic heterocycles. The van der Waals surface area contributed by atoms with Crippen molar-refractivity contribution in [1.82, 2.24) is 5.32 Å². The number of rotatable bonds is 5. The maximum atomic E-state index is 11.6. The fourth-order valence-corrected chi connectivity index (χ4v) is 2.21. The van der Waals surface area contributed by atoms with E-state index in [-0.39, 0.29) is 18.6 Å². The Morgan fingerprint density at radius 3 is 3.06 bits per heavy atom. The maximum Gasteiger partial charge on any atom is 0.246 e. The first-order valence-corrected chi connectivity index (χ1v) is 6.05. The second-order valence-electron chi connectivity index (χ2n) is 4.36. The van der Waals surface area contributed by atoms with Crippen LogP contribution in [0.1, 0.15) is 17.2 Å². The highest BCUT2D eigenvalue weighted by Gasteiger charge is 2.31. The molecule has 1 aromatic carbocycles. The number of aliphatic hydroxyl groups excluding tert-OH is 1. The number of hydrogen-bond acceptors (Lipinski definition) is 4. The van der Waals surface area contributed by atoms with Crippen molar-refractivity contribution < 1.29 is 14.6 Å². The predicted molar refractivity (Wildman–Crippen MR) is 66.9 cm³/mol. The smallest absolute Gasteiger partial charge is 0.246 e. The zero-order chi connectivity index (χ0) is 13.0. The number of carbonyl (C=O) groups is 1. The van der Waals surface area contributed by atoms with Crippen LogP contribution >= 0.6 is 0 Å². The van der Waals surface area contributed by atoms with Gasteiger partial charge in [-0.1, -0.05) is 24.3 Å². The lowest BCUT2D eigenvalue weighted by Gasteiger charge is -2.17. The number of nitrogens with one attached hydrogen (secondary N) is 1. The second kappa shape index (κ2) is 5.95. The quantitative estimate of drug-likeness (QED) is 0.628. The molecule has 18 heavy (non-hydrogen) atoms. The summed E-state index contributed by atoms with van der Waals surface area (Å²) >= 11 is 0. The topological polar surface area (TPSA) is 84.6 Å². The number of fused-ring (bicyclic) bond motifs is 1. The van der Waals surface area contributed by atoms with Gasteiger partial charge < -0.3 is 20.9 Å². The van der Waals surface area contributed by atoms with Crippen molar-refractivity contribution in [3.63, 3.8) is 0 Å². The van der Waals surface area contributed by atoms with E-state index in [0.29, 0.717) is 19.6 Å². The molecular formula is C13H18N2O3. The van der Waals surface area contributed by atoms with Crippen molar-refractivity contribution >= 4 is 5.91 Å². The Morgan fingerprint density at radius 2 is 2.28 bits per heavy atom. The highest BCUT2D eigenvalue weighted by atomic mass is 16.5. The molecule has 0 fully saturated rings. The molecule has 0 spiro atoms. The van der Waals surface area contributed by atoms with E-state index >= 15 is 0 Å². The molecule has 98 valence electrons. The first kappa shape index (κ1) is 13.0. The number of carbonyl (C=O) groups excluding carboxylic acids is 1. The predicted octanol–water partition coefficient (Wildman–Crippen LogP) is -0.264. The Labute approximate surface area is 106 Å². The van der Waals surface area contributed by atoms with Gasteiger partial charge in [0.1, 0.15) is 6.61 Å². The largest absolute Gasteiger partial charge is 0.390 e. The van der Waals surface area contributed by atoms with Gasteiger partial charge in [-0.25, -0.2) is 0 Å². The minimum Gasteiger partial charge on any atom is -0.390 e. The van der Waals surface area contributed by atoms with Crippen LogP contribution in [0.4, 0.5) is 0 Å². The van der Waals surface area contributed by atoms with Crippen molar-refractivity contribution in [2.24, 2.45) is 5.73 Å². The van der Waals surface area contributed by atoms with Crippen molar-refractivity contribution in [3.8, 4) is 0 Å². The van der Waals surface area contributed by atoms with Gasteiger partial charge in [0.25, 0.3) is 0 Å². The third-order valence-corrected chi connectivity index (χ3v) is 3.02. The van der Waals surface area contributed by atoms with E-state index in [4.69, 9.17) is 10.5 Å². The SMILES string of the molecule is NCCOCC(=O)N[C@H]1c2ccccc2C[C@H]1O. The molecule has 1 aliphatic carbocycles. The van der Waals surface area contributed by atoms with E-state index in [1.54, 1.807) is 0 Å². The van der Waals surface area contributed by atoms with Gasteiger partial charge in [0, 0.05) is 13.0 Å². The summed E-state index contributed by atoms with van der Waals surface area (Å²) in [5.41, 5.74) is 7.33. The van der Waals surface area contributed by atoms with Crippen LogP contribution in [0.3, 0.4) is 0 Å². The van der Waals surface area contributed by atoms with Crippen LogP contribution in [0.5, 0.6) is 0 Å². The van der Waals surface area contributed by atoms with Crippen LogP contribution < -0.4 is 11.1 Å². The number of nitrogens with two attached hydrogens (primary N) is 1. The van der Waals surface area contributed by atoms with E-state index in [0.717, 1.165) is 11.1 Å². The monoisotopic (exact) mass is 250 g/mol. The van der Waals surface area contributed by atoms with Crippen molar-refractivity contribution in [3.05, 3.63) is 35.4 Å². The fraction of sp³-hybridized carbons (Fsp3) is 0.462. The average Bonchev–Trinajstić information content (AvgIpc) is 2.67. The van der Waals surface area contributed by atoms with Crippen molar-refractivity contribution in [2.75, 3.05) is 19.8 Å². The minimum atomic E-state index is -0.569. The molecule has 0 radical (unpaired) electrons. The summed E-state index contributed by atoms with van der Waals surface area (Å²) in [6, 6.07) is 7.39. The molecule has 0 unspecified atom stereocenters. The average molecular weight is 250 g/mol. The van der Waals surface area contributed by atoms with Crippen LogP contribution in [-0.4, -0.2) is 36.9 Å². The zero-order valence-electron chi connectivity index (χ0n) is 10.1. The van der Waals surface area contributed by atoms with Crippen LogP contribution in [0.15, 0.2) is 24.3 Å². The first-order valence-electron chi connectivity index (χ1n) is 6.05. The summed E-state index contributed by atoms with van der Waals surface area (Å²) in [7, 11) is 0. The molecule has 0 aromatic heterocycles. The highest BCUT2D eigenvalue weighted by molar-refractivity contribution is 5.78. The lowest BCUT2D eigenvalue weighted by molar-refractivity contribution is -0.127. The van der Waals surface area contributed by atoms with Gasteiger partial charge in [-0.15, -0.1) is 0 Å². The maximum absolute atomic E-state index is 11.6. The Morgan fingerprint density at radius 1 is 1.50 bits per heavy atom. The zero-order valence-corrected chi connectivity index (χ0v) is 10.1. The Kier molecular flexibility index (Phi) is 4.30. The molecule has 1 amide bonds. The second-order valence-corrected chi connectivity index (χ2v) is 4.36. The lowest BCUT2D eigenvalue weighted by Crippen LogP contribution is -2.36. The molecule has 0 saturated heterocycles. The number of ether oxygens (including phenoxy) is 1. The first-order chi connectivity index (χ1) is 8.72. The summed E-state index contributed by atoms with van der Waals surface area (Å²) in [6.07, 6.45) is 0.00553. The summed E-state index contributed by atoms with van der Waals surface area (Å²) in [5.74, 6) is -0.232. The summed E-state index contributed by atoms with van der Waals surface area (Å²) < 4.78 is 5.06. The Hall–Kier alpha value is -1.43. The van der Waals surface area contributed by atoms with Crippen LogP contribution in [0, 0.1) is 0 Å². The van der Waals surface area contributed by atoms with Gasteiger partial charge >= 0.3 is 0 Å². The summed E-state index contributed by atoms with van der Waals surface area (Å²) in [5, 5.41) is 12.7. The number of amides is 1. The lowest BCUT2D eigenvalue weighted by atomic mass is 10.1. The van der Waals surface area contributed by atoms with Crippen molar-refractivity contribution in [2.45, 2.75) is 18.6 Å². The van der Waals surface area contributed by atoms with E-state index in [1.165, 1.54) is 0 Å². The number of benzene rings is 1. The molecule has 0 heterocycles. The van der Waals surface area contributed by atoms with Crippen molar-refractivity contribution in [1.29, 1.82) is 0 Å². The Bertz CT molecular complexity index is 422. The van der Waals surface area contributed by atoms with E-state index in [2.05, 4.69) is 5.32 Å². The third-order valence-electron chi connectivity index (χ3n) is 3.02. The normalized spacial score (nSPS) is 21.7. The van der Waals surface area contributed by atoms with E-state index in [1.807, 2.05) is 24.3 Å². The molecule has 1 aromatic rings. The molecule has 0 bridgehead atoms. The van der Waals surface area contributed by atoms with Crippen LogP contribution in [0.2, 0.25) is 0 Å². The highest BCUT2D eigenvalue weighted by Crippen LogP contribution is 2.30. The van der Waals surface area contributed by atoms with Crippen LogP contribution in [-0.2, 0) is 16.0 Å². The van der Waals surface area contributed by atoms with Gasteiger partial charge in [-0.05, 0) is 11.1 Å². The van der Waals surface area contributed by atoms with E-state index < -0.39 is 6.10 Å². The summed E-state index contributed by atoms with van der Waals surface area (Å²) in [4.78, 5) is 11.6. The number of aliphatic hydroxyl groups is 1. The van der Waals surface area contributed by atoms with E-state index in [9.17, 15) is 9.90 Å². The molecule has 5 nitrogen and oxygen atoms in total. The molecule has 0 saturated carbocycles.